The topological polar surface area (TPSA) is 12.9 Å². The molecule has 1 nitrogen and oxygen atoms in total. The van der Waals surface area contributed by atoms with E-state index in [0.29, 0.717) is 10.7 Å². The molecule has 0 spiro atoms. The van der Waals surface area contributed by atoms with Crippen molar-refractivity contribution in [2.24, 2.45) is 0 Å². The molecule has 2 heteroatoms. The Labute approximate surface area is 140 Å². The minimum absolute atomic E-state index is 0.571. The molecule has 0 aliphatic rings. The van der Waals surface area contributed by atoms with Crippen molar-refractivity contribution >= 4 is 15.9 Å². The van der Waals surface area contributed by atoms with Gasteiger partial charge in [-0.1, -0.05) is 87.6 Å². The highest BCUT2D eigenvalue weighted by molar-refractivity contribution is 9.09. The molecule has 1 aromatic heterocycles. The number of alkyl halides is 1. The normalized spacial score (nSPS) is 14.0. The van der Waals surface area contributed by atoms with Gasteiger partial charge in [0.25, 0.3) is 0 Å². The summed E-state index contributed by atoms with van der Waals surface area (Å²) in [4.78, 5) is 4.68. The molecule has 0 saturated heterocycles. The quantitative estimate of drug-likeness (QED) is 0.295. The van der Waals surface area contributed by atoms with Gasteiger partial charge in [-0.25, -0.2) is 0 Å². The van der Waals surface area contributed by atoms with Crippen molar-refractivity contribution in [3.8, 4) is 0 Å². The van der Waals surface area contributed by atoms with E-state index in [-0.39, 0.29) is 0 Å². The van der Waals surface area contributed by atoms with E-state index in [2.05, 4.69) is 46.9 Å². The molecule has 0 aromatic carbocycles. The van der Waals surface area contributed by atoms with Gasteiger partial charge in [-0.05, 0) is 30.0 Å². The summed E-state index contributed by atoms with van der Waals surface area (Å²) in [6, 6.07) is 4.27. The Morgan fingerprint density at radius 1 is 0.905 bits per heavy atom. The van der Waals surface area contributed by atoms with Crippen LogP contribution in [0, 0.1) is 0 Å². The molecule has 2 atom stereocenters. The summed E-state index contributed by atoms with van der Waals surface area (Å²) >= 11 is 3.87. The van der Waals surface area contributed by atoms with Crippen LogP contribution in [-0.4, -0.2) is 9.81 Å². The number of halogens is 1. The van der Waals surface area contributed by atoms with Crippen molar-refractivity contribution in [1.82, 2.24) is 4.98 Å². The van der Waals surface area contributed by atoms with Crippen LogP contribution in [-0.2, 0) is 0 Å². The molecule has 0 saturated carbocycles. The fourth-order valence-corrected chi connectivity index (χ4v) is 3.40. The summed E-state index contributed by atoms with van der Waals surface area (Å²) in [5.74, 6) is 0.571. The average molecular weight is 354 g/mol. The van der Waals surface area contributed by atoms with E-state index in [0.717, 1.165) is 0 Å². The van der Waals surface area contributed by atoms with Crippen LogP contribution >= 0.6 is 15.9 Å². The van der Waals surface area contributed by atoms with E-state index in [9.17, 15) is 0 Å². The van der Waals surface area contributed by atoms with Crippen molar-refractivity contribution in [1.29, 1.82) is 0 Å². The summed E-state index contributed by atoms with van der Waals surface area (Å²) in [5.41, 5.74) is 1.39. The molecule has 0 N–H and O–H groups in total. The number of pyridine rings is 1. The lowest BCUT2D eigenvalue weighted by molar-refractivity contribution is 0.542. The summed E-state index contributed by atoms with van der Waals surface area (Å²) in [7, 11) is 0. The van der Waals surface area contributed by atoms with Crippen molar-refractivity contribution in [3.05, 3.63) is 30.1 Å². The van der Waals surface area contributed by atoms with Gasteiger partial charge in [0.15, 0.2) is 0 Å². The zero-order valence-electron chi connectivity index (χ0n) is 13.9. The van der Waals surface area contributed by atoms with Gasteiger partial charge in [-0.2, -0.15) is 0 Å². The van der Waals surface area contributed by atoms with Gasteiger partial charge in [0, 0.05) is 17.2 Å². The average Bonchev–Trinajstić information content (AvgIpc) is 2.53. The number of aromatic nitrogens is 1. The number of nitrogens with zero attached hydrogens (tertiary/aromatic N) is 1. The molecule has 1 heterocycles. The molecule has 0 bridgehead atoms. The van der Waals surface area contributed by atoms with Gasteiger partial charge >= 0.3 is 0 Å². The molecule has 0 fully saturated rings. The van der Waals surface area contributed by atoms with E-state index in [4.69, 9.17) is 0 Å². The lowest BCUT2D eigenvalue weighted by Gasteiger charge is -2.18. The first kappa shape index (κ1) is 18.7. The second kappa shape index (κ2) is 12.2. The van der Waals surface area contributed by atoms with Crippen molar-refractivity contribution in [2.75, 3.05) is 0 Å². The molecular formula is C19H32BrN. The number of rotatable bonds is 12. The summed E-state index contributed by atoms with van der Waals surface area (Å²) < 4.78 is 0. The highest BCUT2D eigenvalue weighted by Gasteiger charge is 2.15. The lowest BCUT2D eigenvalue weighted by atomic mass is 9.95. The van der Waals surface area contributed by atoms with Gasteiger partial charge < -0.3 is 0 Å². The largest absolute Gasteiger partial charge is 0.265 e. The van der Waals surface area contributed by atoms with Gasteiger partial charge in [0.1, 0.15) is 0 Å². The standard InChI is InChI=1S/C19H32BrN/c1-3-4-5-6-7-8-9-10-11-12-19(20)17(2)18-13-15-21-16-14-18/h13-17,19H,3-12H2,1-2H3. The Morgan fingerprint density at radius 2 is 1.43 bits per heavy atom. The van der Waals surface area contributed by atoms with Gasteiger partial charge in [0.05, 0.1) is 0 Å². The summed E-state index contributed by atoms with van der Waals surface area (Å²) in [6.45, 7) is 4.59. The molecule has 1 aromatic rings. The fourth-order valence-electron chi connectivity index (χ4n) is 2.78. The van der Waals surface area contributed by atoms with Crippen LogP contribution in [0.5, 0.6) is 0 Å². The zero-order valence-corrected chi connectivity index (χ0v) is 15.4. The first-order valence-electron chi connectivity index (χ1n) is 8.79. The van der Waals surface area contributed by atoms with Crippen LogP contribution < -0.4 is 0 Å². The predicted octanol–water partition coefficient (Wildman–Crippen LogP) is 6.87. The number of unbranched alkanes of at least 4 members (excludes halogenated alkanes) is 8. The molecule has 0 aliphatic heterocycles. The minimum atomic E-state index is 0.571. The second-order valence-corrected chi connectivity index (χ2v) is 7.38. The second-order valence-electron chi connectivity index (χ2n) is 6.20. The third-order valence-corrected chi connectivity index (χ3v) is 5.61. The third kappa shape index (κ3) is 8.60. The Balaban J connectivity index is 2.02. The van der Waals surface area contributed by atoms with E-state index in [1.165, 1.54) is 69.8 Å². The number of hydrogen-bond acceptors (Lipinski definition) is 1. The summed E-state index contributed by atoms with van der Waals surface area (Å²) in [6.07, 6.45) is 17.7. The maximum absolute atomic E-state index is 4.09. The number of hydrogen-bond donors (Lipinski definition) is 0. The SMILES string of the molecule is CCCCCCCCCCCC(Br)C(C)c1ccncc1. The molecule has 2 unspecified atom stereocenters. The van der Waals surface area contributed by atoms with Gasteiger partial charge in [-0.15, -0.1) is 0 Å². The van der Waals surface area contributed by atoms with Crippen LogP contribution in [0.25, 0.3) is 0 Å². The lowest BCUT2D eigenvalue weighted by Crippen LogP contribution is -2.09. The molecule has 1 rings (SSSR count). The Morgan fingerprint density at radius 3 is 2.00 bits per heavy atom. The van der Waals surface area contributed by atoms with E-state index in [1.807, 2.05) is 12.4 Å². The predicted molar refractivity (Wildman–Crippen MR) is 97.2 cm³/mol. The highest BCUT2D eigenvalue weighted by atomic mass is 79.9. The molecule has 21 heavy (non-hydrogen) atoms. The smallest absolute Gasteiger partial charge is 0.0270 e. The molecule has 0 aliphatic carbocycles. The van der Waals surface area contributed by atoms with Crippen LogP contribution in [0.2, 0.25) is 0 Å². The third-order valence-electron chi connectivity index (χ3n) is 4.36. The van der Waals surface area contributed by atoms with Crippen LogP contribution in [0.15, 0.2) is 24.5 Å². The molecular weight excluding hydrogens is 322 g/mol. The highest BCUT2D eigenvalue weighted by Crippen LogP contribution is 2.28. The van der Waals surface area contributed by atoms with Crippen LogP contribution in [0.4, 0.5) is 0 Å². The van der Waals surface area contributed by atoms with Crippen LogP contribution in [0.1, 0.15) is 89.5 Å². The van der Waals surface area contributed by atoms with Crippen molar-refractivity contribution in [3.63, 3.8) is 0 Å². The first-order valence-corrected chi connectivity index (χ1v) is 9.71. The van der Waals surface area contributed by atoms with Crippen molar-refractivity contribution < 1.29 is 0 Å². The Bertz CT molecular complexity index is 339. The summed E-state index contributed by atoms with van der Waals surface area (Å²) in [5, 5.41) is 0. The van der Waals surface area contributed by atoms with E-state index >= 15 is 0 Å². The molecule has 0 radical (unpaired) electrons. The monoisotopic (exact) mass is 353 g/mol. The minimum Gasteiger partial charge on any atom is -0.265 e. The Kier molecular flexibility index (Phi) is 10.9. The fraction of sp³-hybridized carbons (Fsp3) is 0.737. The maximum Gasteiger partial charge on any atom is 0.0270 e. The zero-order chi connectivity index (χ0) is 15.3. The van der Waals surface area contributed by atoms with Crippen LogP contribution in [0.3, 0.4) is 0 Å². The molecule has 120 valence electrons. The maximum atomic E-state index is 4.09. The molecule has 0 amide bonds. The van der Waals surface area contributed by atoms with E-state index in [1.54, 1.807) is 0 Å². The van der Waals surface area contributed by atoms with E-state index < -0.39 is 0 Å². The van der Waals surface area contributed by atoms with Gasteiger partial charge in [0.2, 0.25) is 0 Å². The van der Waals surface area contributed by atoms with Gasteiger partial charge in [-0.3, -0.25) is 4.98 Å². The Hall–Kier alpha value is -0.370. The first-order chi connectivity index (χ1) is 10.3. The van der Waals surface area contributed by atoms with Crippen molar-refractivity contribution in [2.45, 2.75) is 88.8 Å².